The summed E-state index contributed by atoms with van der Waals surface area (Å²) in [5.74, 6) is -1.59. The number of anilines is 1. The number of carbonyl (C=O) groups is 1. The molecule has 0 atom stereocenters. The summed E-state index contributed by atoms with van der Waals surface area (Å²) in [6.07, 6.45) is 0. The second-order valence-electron chi connectivity index (χ2n) is 3.84. The minimum Gasteiger partial charge on any atom is -0.465 e. The van der Waals surface area contributed by atoms with Crippen LogP contribution in [0, 0.1) is 5.82 Å². The third-order valence-corrected chi connectivity index (χ3v) is 5.13. The Balaban J connectivity index is 2.39. The molecule has 0 aliphatic rings. The highest BCUT2D eigenvalue weighted by molar-refractivity contribution is 7.93. The molecule has 0 aliphatic carbocycles. The van der Waals surface area contributed by atoms with Gasteiger partial charge in [-0.05, 0) is 29.6 Å². The quantitative estimate of drug-likeness (QED) is 0.861. The molecule has 1 N–H and O–H groups in total. The van der Waals surface area contributed by atoms with Gasteiger partial charge in [0.05, 0.1) is 12.8 Å². The van der Waals surface area contributed by atoms with Gasteiger partial charge in [-0.25, -0.2) is 17.6 Å². The van der Waals surface area contributed by atoms with Gasteiger partial charge in [-0.3, -0.25) is 4.72 Å². The van der Waals surface area contributed by atoms with Crippen LogP contribution in [0.25, 0.3) is 0 Å². The molecule has 0 amide bonds. The van der Waals surface area contributed by atoms with Gasteiger partial charge in [0.25, 0.3) is 10.0 Å². The molecule has 2 aromatic rings. The van der Waals surface area contributed by atoms with Crippen molar-refractivity contribution in [2.45, 2.75) is 4.90 Å². The molecule has 112 valence electrons. The molecule has 0 bridgehead atoms. The number of hydrogen-bond donors (Lipinski definition) is 1. The van der Waals surface area contributed by atoms with Crippen LogP contribution in [-0.4, -0.2) is 21.5 Å². The normalized spacial score (nSPS) is 11.2. The van der Waals surface area contributed by atoms with Crippen molar-refractivity contribution in [3.05, 3.63) is 45.4 Å². The van der Waals surface area contributed by atoms with Gasteiger partial charge in [0, 0.05) is 5.02 Å². The van der Waals surface area contributed by atoms with E-state index in [1.54, 1.807) is 0 Å². The predicted octanol–water partition coefficient (Wildman–Crippen LogP) is 3.13. The molecule has 0 aliphatic heterocycles. The van der Waals surface area contributed by atoms with E-state index in [9.17, 15) is 17.6 Å². The predicted molar refractivity (Wildman–Crippen MR) is 77.9 cm³/mol. The Morgan fingerprint density at radius 3 is 2.71 bits per heavy atom. The number of benzene rings is 1. The zero-order chi connectivity index (χ0) is 15.6. The smallest absolute Gasteiger partial charge is 0.349 e. The number of esters is 1. The zero-order valence-corrected chi connectivity index (χ0v) is 13.0. The SMILES string of the molecule is COC(=O)c1sccc1S(=O)(=O)Nc1ccc(Cl)cc1F. The number of nitrogens with one attached hydrogen (secondary N) is 1. The van der Waals surface area contributed by atoms with E-state index in [1.807, 2.05) is 0 Å². The van der Waals surface area contributed by atoms with Crippen molar-refractivity contribution in [1.82, 2.24) is 0 Å². The lowest BCUT2D eigenvalue weighted by molar-refractivity contribution is 0.0602. The summed E-state index contributed by atoms with van der Waals surface area (Å²) in [4.78, 5) is 11.2. The van der Waals surface area contributed by atoms with E-state index in [2.05, 4.69) is 9.46 Å². The van der Waals surface area contributed by atoms with E-state index >= 15 is 0 Å². The molecule has 1 aromatic heterocycles. The summed E-state index contributed by atoms with van der Waals surface area (Å²) in [6, 6.07) is 4.76. The Bertz CT molecular complexity index is 788. The van der Waals surface area contributed by atoms with Crippen LogP contribution < -0.4 is 4.72 Å². The second-order valence-corrected chi connectivity index (χ2v) is 6.84. The average Bonchev–Trinajstić information content (AvgIpc) is 2.91. The summed E-state index contributed by atoms with van der Waals surface area (Å²) in [6.45, 7) is 0. The van der Waals surface area contributed by atoms with Gasteiger partial charge in [-0.1, -0.05) is 11.6 Å². The Hall–Kier alpha value is -1.64. The largest absolute Gasteiger partial charge is 0.465 e. The first kappa shape index (κ1) is 15.7. The molecule has 1 heterocycles. The summed E-state index contributed by atoms with van der Waals surface area (Å²) in [7, 11) is -2.97. The maximum atomic E-state index is 13.6. The molecule has 0 saturated heterocycles. The molecular formula is C12H9ClFNO4S2. The van der Waals surface area contributed by atoms with Gasteiger partial charge < -0.3 is 4.74 Å². The number of ether oxygens (including phenoxy) is 1. The molecule has 21 heavy (non-hydrogen) atoms. The number of methoxy groups -OCH3 is 1. The van der Waals surface area contributed by atoms with Crippen molar-refractivity contribution in [3.8, 4) is 0 Å². The van der Waals surface area contributed by atoms with Crippen LogP contribution in [-0.2, 0) is 14.8 Å². The lowest BCUT2D eigenvalue weighted by atomic mass is 10.3. The fourth-order valence-corrected chi connectivity index (χ4v) is 4.08. The van der Waals surface area contributed by atoms with Crippen LogP contribution in [0.5, 0.6) is 0 Å². The maximum absolute atomic E-state index is 13.6. The topological polar surface area (TPSA) is 72.5 Å². The Kier molecular flexibility index (Phi) is 4.50. The van der Waals surface area contributed by atoms with Gasteiger partial charge in [0.2, 0.25) is 0 Å². The van der Waals surface area contributed by atoms with Gasteiger partial charge >= 0.3 is 5.97 Å². The number of thiophene rings is 1. The minimum atomic E-state index is -4.11. The lowest BCUT2D eigenvalue weighted by Gasteiger charge is -2.09. The van der Waals surface area contributed by atoms with Crippen molar-refractivity contribution in [1.29, 1.82) is 0 Å². The first-order chi connectivity index (χ1) is 9.85. The number of hydrogen-bond acceptors (Lipinski definition) is 5. The molecule has 0 fully saturated rings. The van der Waals surface area contributed by atoms with E-state index in [1.165, 1.54) is 23.6 Å². The molecule has 2 rings (SSSR count). The molecule has 0 spiro atoms. The van der Waals surface area contributed by atoms with Crippen LogP contribution in [0.4, 0.5) is 10.1 Å². The minimum absolute atomic E-state index is 0.0839. The maximum Gasteiger partial charge on any atom is 0.349 e. The molecule has 0 saturated carbocycles. The van der Waals surface area contributed by atoms with Crippen molar-refractivity contribution in [2.24, 2.45) is 0 Å². The van der Waals surface area contributed by atoms with E-state index < -0.39 is 21.8 Å². The van der Waals surface area contributed by atoms with E-state index in [0.29, 0.717) is 0 Å². The molecule has 0 radical (unpaired) electrons. The van der Waals surface area contributed by atoms with Gasteiger partial charge in [0.15, 0.2) is 0 Å². The fourth-order valence-electron chi connectivity index (χ4n) is 1.52. The van der Waals surface area contributed by atoms with Crippen LogP contribution in [0.15, 0.2) is 34.5 Å². The van der Waals surface area contributed by atoms with Crippen molar-refractivity contribution in [3.63, 3.8) is 0 Å². The fraction of sp³-hybridized carbons (Fsp3) is 0.0833. The summed E-state index contributed by atoms with van der Waals surface area (Å²) < 4.78 is 44.7. The molecule has 0 unspecified atom stereocenters. The molecule has 1 aromatic carbocycles. The Labute approximate surface area is 129 Å². The number of sulfonamides is 1. The van der Waals surface area contributed by atoms with Crippen molar-refractivity contribution < 1.29 is 22.3 Å². The summed E-state index contributed by atoms with van der Waals surface area (Å²) >= 11 is 6.51. The number of rotatable bonds is 4. The zero-order valence-electron chi connectivity index (χ0n) is 10.6. The number of halogens is 2. The van der Waals surface area contributed by atoms with Crippen LogP contribution in [0.1, 0.15) is 9.67 Å². The monoisotopic (exact) mass is 349 g/mol. The summed E-state index contributed by atoms with van der Waals surface area (Å²) in [5.41, 5.74) is -0.263. The van der Waals surface area contributed by atoms with Crippen molar-refractivity contribution in [2.75, 3.05) is 11.8 Å². The Morgan fingerprint density at radius 1 is 1.38 bits per heavy atom. The van der Waals surface area contributed by atoms with Crippen LogP contribution in [0.2, 0.25) is 5.02 Å². The van der Waals surface area contributed by atoms with E-state index in [0.717, 1.165) is 24.5 Å². The van der Waals surface area contributed by atoms with Gasteiger partial charge in [0.1, 0.15) is 15.6 Å². The highest BCUT2D eigenvalue weighted by Crippen LogP contribution is 2.27. The van der Waals surface area contributed by atoms with Gasteiger partial charge in [-0.2, -0.15) is 0 Å². The average molecular weight is 350 g/mol. The number of carbonyl (C=O) groups excluding carboxylic acids is 1. The molecular weight excluding hydrogens is 341 g/mol. The van der Waals surface area contributed by atoms with Crippen LogP contribution in [0.3, 0.4) is 0 Å². The highest BCUT2D eigenvalue weighted by atomic mass is 35.5. The highest BCUT2D eigenvalue weighted by Gasteiger charge is 2.25. The van der Waals surface area contributed by atoms with Crippen molar-refractivity contribution >= 4 is 44.6 Å². The molecule has 5 nitrogen and oxygen atoms in total. The van der Waals surface area contributed by atoms with Gasteiger partial charge in [-0.15, -0.1) is 11.3 Å². The lowest BCUT2D eigenvalue weighted by Crippen LogP contribution is -2.16. The second kappa shape index (κ2) is 6.00. The standard InChI is InChI=1S/C12H9ClFNO4S2/c1-19-12(16)11-10(4-5-20-11)21(17,18)15-9-3-2-7(13)6-8(9)14/h2-6,15H,1H3. The van der Waals surface area contributed by atoms with Crippen LogP contribution >= 0.6 is 22.9 Å². The van der Waals surface area contributed by atoms with E-state index in [-0.39, 0.29) is 20.5 Å². The third-order valence-electron chi connectivity index (χ3n) is 2.46. The molecule has 9 heteroatoms. The van der Waals surface area contributed by atoms with E-state index in [4.69, 9.17) is 11.6 Å². The first-order valence-corrected chi connectivity index (χ1v) is 8.23. The first-order valence-electron chi connectivity index (χ1n) is 5.49. The Morgan fingerprint density at radius 2 is 2.10 bits per heavy atom. The summed E-state index contributed by atoms with van der Waals surface area (Å²) in [5, 5.41) is 1.57. The third kappa shape index (κ3) is 3.34.